The fraction of sp³-hybridized carbons (Fsp3) is 0.500. The monoisotopic (exact) mass is 277 g/mol. The summed E-state index contributed by atoms with van der Waals surface area (Å²) in [5.74, 6) is 0.673. The summed E-state index contributed by atoms with van der Waals surface area (Å²) in [7, 11) is 1.52. The molecule has 6 heteroatoms. The maximum absolute atomic E-state index is 11.6. The molecule has 0 saturated carbocycles. The van der Waals surface area contributed by atoms with Crippen LogP contribution in [0, 0.1) is 4.91 Å². The van der Waals surface area contributed by atoms with Gasteiger partial charge in [0, 0.05) is 44.4 Å². The number of rotatable bonds is 4. The SMILES string of the molecule is CCC(=O)N1CCN(c2ccc(N=O)c(OC)c2)CC1. The molecule has 0 aliphatic carbocycles. The van der Waals surface area contributed by atoms with Crippen LogP contribution in [0.3, 0.4) is 0 Å². The molecule has 1 saturated heterocycles. The van der Waals surface area contributed by atoms with Gasteiger partial charge in [0.15, 0.2) is 0 Å². The molecular formula is C14H19N3O3. The summed E-state index contributed by atoms with van der Waals surface area (Å²) >= 11 is 0. The third kappa shape index (κ3) is 2.89. The van der Waals surface area contributed by atoms with Gasteiger partial charge in [-0.1, -0.05) is 6.92 Å². The van der Waals surface area contributed by atoms with Crippen LogP contribution in [-0.2, 0) is 4.79 Å². The van der Waals surface area contributed by atoms with Crippen LogP contribution in [0.1, 0.15) is 13.3 Å². The van der Waals surface area contributed by atoms with Gasteiger partial charge in [-0.2, -0.15) is 0 Å². The van der Waals surface area contributed by atoms with E-state index in [9.17, 15) is 9.70 Å². The van der Waals surface area contributed by atoms with E-state index in [0.717, 1.165) is 31.9 Å². The van der Waals surface area contributed by atoms with E-state index in [1.165, 1.54) is 7.11 Å². The van der Waals surface area contributed by atoms with E-state index in [2.05, 4.69) is 10.1 Å². The molecule has 20 heavy (non-hydrogen) atoms. The summed E-state index contributed by atoms with van der Waals surface area (Å²) in [5, 5.41) is 2.93. The molecule has 1 aromatic rings. The number of carbonyl (C=O) groups excluding carboxylic acids is 1. The molecule has 1 amide bonds. The van der Waals surface area contributed by atoms with Crippen molar-refractivity contribution < 1.29 is 9.53 Å². The van der Waals surface area contributed by atoms with Crippen molar-refractivity contribution >= 4 is 17.3 Å². The first kappa shape index (κ1) is 14.3. The molecule has 0 unspecified atom stereocenters. The zero-order valence-corrected chi connectivity index (χ0v) is 11.8. The van der Waals surface area contributed by atoms with Gasteiger partial charge in [0.1, 0.15) is 11.4 Å². The molecule has 0 bridgehead atoms. The van der Waals surface area contributed by atoms with Crippen molar-refractivity contribution in [1.82, 2.24) is 4.90 Å². The van der Waals surface area contributed by atoms with Gasteiger partial charge in [-0.05, 0) is 17.3 Å². The van der Waals surface area contributed by atoms with Gasteiger partial charge in [-0.3, -0.25) is 4.79 Å². The lowest BCUT2D eigenvalue weighted by Gasteiger charge is -2.36. The molecule has 0 radical (unpaired) electrons. The number of hydrogen-bond acceptors (Lipinski definition) is 5. The number of piperazine rings is 1. The van der Waals surface area contributed by atoms with E-state index in [1.807, 2.05) is 24.0 Å². The van der Waals surface area contributed by atoms with Crippen LogP contribution in [0.25, 0.3) is 0 Å². The van der Waals surface area contributed by atoms with Gasteiger partial charge in [0.25, 0.3) is 0 Å². The predicted molar refractivity (Wildman–Crippen MR) is 77.5 cm³/mol. The van der Waals surface area contributed by atoms with Gasteiger partial charge in [0.2, 0.25) is 5.91 Å². The highest BCUT2D eigenvalue weighted by molar-refractivity contribution is 5.76. The van der Waals surface area contributed by atoms with Gasteiger partial charge < -0.3 is 14.5 Å². The van der Waals surface area contributed by atoms with Gasteiger partial charge in [0.05, 0.1) is 7.11 Å². The van der Waals surface area contributed by atoms with Gasteiger partial charge in [-0.25, -0.2) is 0 Å². The zero-order chi connectivity index (χ0) is 14.5. The average Bonchev–Trinajstić information content (AvgIpc) is 2.53. The van der Waals surface area contributed by atoms with Crippen molar-refractivity contribution in [3.8, 4) is 5.75 Å². The highest BCUT2D eigenvalue weighted by atomic mass is 16.5. The molecule has 0 atom stereocenters. The third-order valence-corrected chi connectivity index (χ3v) is 3.56. The fourth-order valence-electron chi connectivity index (χ4n) is 2.38. The minimum Gasteiger partial charge on any atom is -0.494 e. The second kappa shape index (κ2) is 6.36. The van der Waals surface area contributed by atoms with Crippen molar-refractivity contribution in [2.45, 2.75) is 13.3 Å². The first-order chi connectivity index (χ1) is 9.69. The van der Waals surface area contributed by atoms with Gasteiger partial charge in [-0.15, -0.1) is 4.91 Å². The largest absolute Gasteiger partial charge is 0.494 e. The number of nitroso groups, excluding NO2 is 1. The molecule has 1 aliphatic heterocycles. The summed E-state index contributed by atoms with van der Waals surface area (Å²) in [4.78, 5) is 26.3. The lowest BCUT2D eigenvalue weighted by Crippen LogP contribution is -2.48. The summed E-state index contributed by atoms with van der Waals surface area (Å²) < 4.78 is 5.16. The number of nitrogens with zero attached hydrogens (tertiary/aromatic N) is 3. The molecule has 0 spiro atoms. The number of hydrogen-bond donors (Lipinski definition) is 0. The molecule has 108 valence electrons. The first-order valence-corrected chi connectivity index (χ1v) is 6.73. The highest BCUT2D eigenvalue weighted by Crippen LogP contribution is 2.32. The number of ether oxygens (including phenoxy) is 1. The highest BCUT2D eigenvalue weighted by Gasteiger charge is 2.20. The van der Waals surface area contributed by atoms with E-state index >= 15 is 0 Å². The molecule has 2 rings (SSSR count). The molecule has 1 aliphatic rings. The molecular weight excluding hydrogens is 258 g/mol. The second-order valence-corrected chi connectivity index (χ2v) is 4.67. The molecule has 0 N–H and O–H groups in total. The summed E-state index contributed by atoms with van der Waals surface area (Å²) in [6, 6.07) is 5.33. The van der Waals surface area contributed by atoms with E-state index in [4.69, 9.17) is 4.74 Å². The van der Waals surface area contributed by atoms with Crippen LogP contribution in [0.5, 0.6) is 5.75 Å². The van der Waals surface area contributed by atoms with Crippen molar-refractivity contribution in [2.24, 2.45) is 5.18 Å². The average molecular weight is 277 g/mol. The molecule has 0 aromatic heterocycles. The van der Waals surface area contributed by atoms with E-state index in [1.54, 1.807) is 6.07 Å². The fourth-order valence-corrected chi connectivity index (χ4v) is 2.38. The summed E-state index contributed by atoms with van der Waals surface area (Å²) in [6.45, 7) is 4.89. The maximum atomic E-state index is 11.6. The first-order valence-electron chi connectivity index (χ1n) is 6.73. The third-order valence-electron chi connectivity index (χ3n) is 3.56. The Morgan fingerprint density at radius 3 is 2.55 bits per heavy atom. The van der Waals surface area contributed by atoms with E-state index in [-0.39, 0.29) is 5.91 Å². The lowest BCUT2D eigenvalue weighted by atomic mass is 10.2. The Bertz CT molecular complexity index is 496. The summed E-state index contributed by atoms with van der Waals surface area (Å²) in [6.07, 6.45) is 0.549. The molecule has 1 fully saturated rings. The minimum atomic E-state index is 0.197. The Morgan fingerprint density at radius 2 is 2.00 bits per heavy atom. The van der Waals surface area contributed by atoms with Crippen LogP contribution in [-0.4, -0.2) is 44.1 Å². The molecule has 1 aromatic carbocycles. The van der Waals surface area contributed by atoms with Crippen molar-refractivity contribution in [3.05, 3.63) is 23.1 Å². The predicted octanol–water partition coefficient (Wildman–Crippen LogP) is 2.15. The van der Waals surface area contributed by atoms with E-state index in [0.29, 0.717) is 17.9 Å². The smallest absolute Gasteiger partial charge is 0.222 e. The Balaban J connectivity index is 2.07. The van der Waals surface area contributed by atoms with Crippen molar-refractivity contribution in [2.75, 3.05) is 38.2 Å². The number of benzene rings is 1. The number of carbonyl (C=O) groups is 1. The van der Waals surface area contributed by atoms with Crippen LogP contribution in [0.4, 0.5) is 11.4 Å². The Labute approximate surface area is 118 Å². The topological polar surface area (TPSA) is 62.2 Å². The second-order valence-electron chi connectivity index (χ2n) is 4.67. The Morgan fingerprint density at radius 1 is 1.30 bits per heavy atom. The van der Waals surface area contributed by atoms with Crippen molar-refractivity contribution in [3.63, 3.8) is 0 Å². The van der Waals surface area contributed by atoms with Crippen LogP contribution in [0.2, 0.25) is 0 Å². The Hall–Kier alpha value is -2.11. The number of amides is 1. The number of methoxy groups -OCH3 is 1. The molecule has 1 heterocycles. The zero-order valence-electron chi connectivity index (χ0n) is 11.8. The van der Waals surface area contributed by atoms with Crippen LogP contribution in [0.15, 0.2) is 23.4 Å². The van der Waals surface area contributed by atoms with Crippen LogP contribution >= 0.6 is 0 Å². The maximum Gasteiger partial charge on any atom is 0.222 e. The lowest BCUT2D eigenvalue weighted by molar-refractivity contribution is -0.131. The van der Waals surface area contributed by atoms with Gasteiger partial charge >= 0.3 is 0 Å². The normalized spacial score (nSPS) is 15.1. The van der Waals surface area contributed by atoms with E-state index < -0.39 is 0 Å². The Kier molecular flexibility index (Phi) is 4.55. The number of anilines is 1. The molecule has 6 nitrogen and oxygen atoms in total. The summed E-state index contributed by atoms with van der Waals surface area (Å²) in [5.41, 5.74) is 1.29. The standard InChI is InChI=1S/C14H19N3O3/c1-3-14(18)17-8-6-16(7-9-17)11-4-5-12(15-19)13(10-11)20-2/h4-5,10H,3,6-9H2,1-2H3. The minimum absolute atomic E-state index is 0.197. The van der Waals surface area contributed by atoms with Crippen molar-refractivity contribution in [1.29, 1.82) is 0 Å². The quantitative estimate of drug-likeness (QED) is 0.791. The van der Waals surface area contributed by atoms with Crippen LogP contribution < -0.4 is 9.64 Å².